The predicted molar refractivity (Wildman–Crippen MR) is 119 cm³/mol. The first-order valence-electron chi connectivity index (χ1n) is 11.0. The second-order valence-corrected chi connectivity index (χ2v) is 9.52. The number of benzene rings is 1. The number of aromatic nitrogens is 1. The molecule has 2 aliphatic carbocycles. The fourth-order valence-corrected chi connectivity index (χ4v) is 5.65. The van der Waals surface area contributed by atoms with Crippen molar-refractivity contribution in [1.29, 1.82) is 0 Å². The largest absolute Gasteiger partial charge is 0.357 e. The SMILES string of the molecule is O=C(NCc1cccs1)c1ccc2[nH]c3c(c2c1)CCCC3NC1CCCCC1. The van der Waals surface area contributed by atoms with E-state index in [1.807, 2.05) is 17.5 Å². The predicted octanol–water partition coefficient (Wildman–Crippen LogP) is 5.46. The second kappa shape index (κ2) is 8.33. The standard InChI is InChI=1S/C24H29N3OS/c28-24(25-15-18-8-5-13-29-18)16-11-12-21-20(14-16)19-9-4-10-22(23(19)27-21)26-17-6-2-1-3-7-17/h5,8,11-14,17,22,26-27H,1-4,6-7,9-10,15H2,(H,25,28). The van der Waals surface area contributed by atoms with Crippen molar-refractivity contribution < 1.29 is 4.79 Å². The summed E-state index contributed by atoms with van der Waals surface area (Å²) < 4.78 is 0. The van der Waals surface area contributed by atoms with E-state index in [9.17, 15) is 4.79 Å². The summed E-state index contributed by atoms with van der Waals surface area (Å²) in [6, 6.07) is 11.2. The Morgan fingerprint density at radius 3 is 2.83 bits per heavy atom. The van der Waals surface area contributed by atoms with Crippen molar-refractivity contribution in [2.75, 3.05) is 0 Å². The molecule has 1 atom stereocenters. The van der Waals surface area contributed by atoms with E-state index in [2.05, 4.69) is 33.8 Å². The summed E-state index contributed by atoms with van der Waals surface area (Å²) in [5.41, 5.74) is 4.67. The molecule has 1 saturated carbocycles. The van der Waals surface area contributed by atoms with Gasteiger partial charge in [0.25, 0.3) is 5.91 Å². The van der Waals surface area contributed by atoms with Gasteiger partial charge in [-0.25, -0.2) is 0 Å². The van der Waals surface area contributed by atoms with E-state index < -0.39 is 0 Å². The molecule has 4 nitrogen and oxygen atoms in total. The molecule has 3 aromatic rings. The number of carbonyl (C=O) groups is 1. The zero-order chi connectivity index (χ0) is 19.6. The highest BCUT2D eigenvalue weighted by Crippen LogP contribution is 2.36. The van der Waals surface area contributed by atoms with E-state index in [0.717, 1.165) is 17.5 Å². The molecule has 0 bridgehead atoms. The smallest absolute Gasteiger partial charge is 0.251 e. The molecule has 3 N–H and O–H groups in total. The molecule has 2 heterocycles. The topological polar surface area (TPSA) is 56.9 Å². The molecule has 2 aliphatic rings. The summed E-state index contributed by atoms with van der Waals surface area (Å²) in [5, 5.41) is 10.2. The van der Waals surface area contributed by atoms with Crippen molar-refractivity contribution in [3.63, 3.8) is 0 Å². The fraction of sp³-hybridized carbons (Fsp3) is 0.458. The number of aromatic amines is 1. The van der Waals surface area contributed by atoms with Crippen LogP contribution in [0.2, 0.25) is 0 Å². The van der Waals surface area contributed by atoms with E-state index in [4.69, 9.17) is 0 Å². The second-order valence-electron chi connectivity index (χ2n) is 8.49. The van der Waals surface area contributed by atoms with Gasteiger partial charge >= 0.3 is 0 Å². The summed E-state index contributed by atoms with van der Waals surface area (Å²) in [6.07, 6.45) is 10.2. The van der Waals surface area contributed by atoms with Gasteiger partial charge < -0.3 is 15.6 Å². The van der Waals surface area contributed by atoms with Crippen LogP contribution in [0.4, 0.5) is 0 Å². The lowest BCUT2D eigenvalue weighted by molar-refractivity contribution is 0.0951. The van der Waals surface area contributed by atoms with Crippen LogP contribution in [0.3, 0.4) is 0 Å². The number of nitrogens with one attached hydrogen (secondary N) is 3. The number of rotatable bonds is 5. The summed E-state index contributed by atoms with van der Waals surface area (Å²) in [6.45, 7) is 0.590. The molecule has 1 unspecified atom stereocenters. The molecule has 5 rings (SSSR count). The van der Waals surface area contributed by atoms with E-state index in [1.54, 1.807) is 11.3 Å². The molecular weight excluding hydrogens is 378 g/mol. The third-order valence-corrected chi connectivity index (χ3v) is 7.39. The molecule has 152 valence electrons. The summed E-state index contributed by atoms with van der Waals surface area (Å²) in [5.74, 6) is 0.00272. The third-order valence-electron chi connectivity index (χ3n) is 6.51. The minimum absolute atomic E-state index is 0.00272. The highest BCUT2D eigenvalue weighted by molar-refractivity contribution is 7.09. The molecule has 0 spiro atoms. The quantitative estimate of drug-likeness (QED) is 0.526. The maximum atomic E-state index is 12.7. The average Bonchev–Trinajstić information content (AvgIpc) is 3.41. The number of hydrogen-bond acceptors (Lipinski definition) is 3. The van der Waals surface area contributed by atoms with Gasteiger partial charge in [-0.1, -0.05) is 25.3 Å². The fourth-order valence-electron chi connectivity index (χ4n) is 5.01. The Labute approximate surface area is 176 Å². The van der Waals surface area contributed by atoms with Gasteiger partial charge in [-0.2, -0.15) is 0 Å². The Morgan fingerprint density at radius 1 is 1.10 bits per heavy atom. The van der Waals surface area contributed by atoms with Crippen LogP contribution in [0.1, 0.15) is 77.5 Å². The van der Waals surface area contributed by atoms with Crippen LogP contribution in [0, 0.1) is 0 Å². The number of carbonyl (C=O) groups excluding carboxylic acids is 1. The Hall–Kier alpha value is -2.11. The number of H-pyrrole nitrogens is 1. The Kier molecular flexibility index (Phi) is 5.42. The van der Waals surface area contributed by atoms with Crippen LogP contribution >= 0.6 is 11.3 Å². The van der Waals surface area contributed by atoms with E-state index in [-0.39, 0.29) is 5.91 Å². The van der Waals surface area contributed by atoms with E-state index in [0.29, 0.717) is 18.6 Å². The first-order valence-corrected chi connectivity index (χ1v) is 11.9. The summed E-state index contributed by atoms with van der Waals surface area (Å²) >= 11 is 1.67. The number of fused-ring (bicyclic) bond motifs is 3. The van der Waals surface area contributed by atoms with Crippen molar-refractivity contribution in [1.82, 2.24) is 15.6 Å². The number of hydrogen-bond donors (Lipinski definition) is 3. The van der Waals surface area contributed by atoms with Crippen LogP contribution < -0.4 is 10.6 Å². The van der Waals surface area contributed by atoms with Crippen molar-refractivity contribution in [2.45, 2.75) is 70.0 Å². The molecular formula is C24H29N3OS. The highest BCUT2D eigenvalue weighted by atomic mass is 32.1. The van der Waals surface area contributed by atoms with Gasteiger partial charge in [-0.3, -0.25) is 4.79 Å². The molecule has 29 heavy (non-hydrogen) atoms. The molecule has 5 heteroatoms. The van der Waals surface area contributed by atoms with E-state index >= 15 is 0 Å². The van der Waals surface area contributed by atoms with Crippen LogP contribution in [-0.4, -0.2) is 16.9 Å². The Bertz CT molecular complexity index is 985. The van der Waals surface area contributed by atoms with Gasteiger partial charge in [0, 0.05) is 39.1 Å². The van der Waals surface area contributed by atoms with Crippen LogP contribution in [0.25, 0.3) is 10.9 Å². The van der Waals surface area contributed by atoms with Gasteiger partial charge in [-0.15, -0.1) is 11.3 Å². The van der Waals surface area contributed by atoms with Gasteiger partial charge in [-0.05, 0) is 67.3 Å². The lowest BCUT2D eigenvalue weighted by Gasteiger charge is -2.31. The highest BCUT2D eigenvalue weighted by Gasteiger charge is 2.27. The first kappa shape index (κ1) is 18.9. The third kappa shape index (κ3) is 3.99. The zero-order valence-electron chi connectivity index (χ0n) is 16.8. The van der Waals surface area contributed by atoms with Crippen molar-refractivity contribution in [3.05, 3.63) is 57.4 Å². The normalized spacial score (nSPS) is 19.9. The monoisotopic (exact) mass is 407 g/mol. The zero-order valence-corrected chi connectivity index (χ0v) is 17.6. The lowest BCUT2D eigenvalue weighted by Crippen LogP contribution is -2.36. The van der Waals surface area contributed by atoms with Gasteiger partial charge in [0.05, 0.1) is 6.54 Å². The lowest BCUT2D eigenvalue weighted by atomic mass is 9.89. The maximum absolute atomic E-state index is 12.7. The summed E-state index contributed by atoms with van der Waals surface area (Å²) in [7, 11) is 0. The molecule has 1 aromatic carbocycles. The van der Waals surface area contributed by atoms with Gasteiger partial charge in [0.1, 0.15) is 0 Å². The molecule has 1 amide bonds. The number of amides is 1. The number of thiophene rings is 1. The first-order chi connectivity index (χ1) is 14.3. The van der Waals surface area contributed by atoms with Crippen molar-refractivity contribution >= 4 is 28.1 Å². The van der Waals surface area contributed by atoms with Crippen LogP contribution in [0.15, 0.2) is 35.7 Å². The minimum atomic E-state index is 0.00272. The van der Waals surface area contributed by atoms with Crippen LogP contribution in [-0.2, 0) is 13.0 Å². The van der Waals surface area contributed by atoms with Crippen LogP contribution in [0.5, 0.6) is 0 Å². The average molecular weight is 408 g/mol. The number of aryl methyl sites for hydroxylation is 1. The Morgan fingerprint density at radius 2 is 2.00 bits per heavy atom. The maximum Gasteiger partial charge on any atom is 0.251 e. The summed E-state index contributed by atoms with van der Waals surface area (Å²) in [4.78, 5) is 17.5. The Balaban J connectivity index is 1.36. The molecule has 0 saturated heterocycles. The molecule has 2 aromatic heterocycles. The van der Waals surface area contributed by atoms with Gasteiger partial charge in [0.2, 0.25) is 0 Å². The van der Waals surface area contributed by atoms with Crippen molar-refractivity contribution in [2.24, 2.45) is 0 Å². The minimum Gasteiger partial charge on any atom is -0.357 e. The molecule has 1 fully saturated rings. The van der Waals surface area contributed by atoms with Gasteiger partial charge in [0.15, 0.2) is 0 Å². The van der Waals surface area contributed by atoms with E-state index in [1.165, 1.54) is 66.5 Å². The van der Waals surface area contributed by atoms with Crippen molar-refractivity contribution in [3.8, 4) is 0 Å². The molecule has 0 aliphatic heterocycles. The molecule has 0 radical (unpaired) electrons.